The highest BCUT2D eigenvalue weighted by atomic mass is 16.2. The lowest BCUT2D eigenvalue weighted by molar-refractivity contribution is -0.140. The van der Waals surface area contributed by atoms with Gasteiger partial charge in [0.25, 0.3) is 0 Å². The van der Waals surface area contributed by atoms with Gasteiger partial charge in [-0.05, 0) is 54.4 Å². The molecule has 1 aliphatic heterocycles. The number of amides is 3. The fourth-order valence-corrected chi connectivity index (χ4v) is 6.25. The van der Waals surface area contributed by atoms with Crippen LogP contribution in [0.5, 0.6) is 0 Å². The number of hydrogen-bond donors (Lipinski definition) is 1. The van der Waals surface area contributed by atoms with Crippen LogP contribution in [-0.2, 0) is 14.4 Å². The maximum Gasteiger partial charge on any atom is 0.233 e. The zero-order chi connectivity index (χ0) is 23.4. The summed E-state index contributed by atoms with van der Waals surface area (Å²) in [7, 11) is 0. The third-order valence-electron chi connectivity index (χ3n) is 7.86. The van der Waals surface area contributed by atoms with Crippen LogP contribution < -0.4 is 5.32 Å². The molecule has 172 valence electrons. The van der Waals surface area contributed by atoms with E-state index < -0.39 is 0 Å². The van der Waals surface area contributed by atoms with Gasteiger partial charge in [0.2, 0.25) is 17.7 Å². The van der Waals surface area contributed by atoms with Gasteiger partial charge in [0.1, 0.15) is 0 Å². The van der Waals surface area contributed by atoms with Crippen molar-refractivity contribution in [1.82, 2.24) is 4.90 Å². The van der Waals surface area contributed by atoms with E-state index in [2.05, 4.69) is 17.5 Å². The topological polar surface area (TPSA) is 83.6 Å². The van der Waals surface area contributed by atoms with Crippen LogP contribution in [0.2, 0.25) is 0 Å². The molecule has 4 unspecified atom stereocenters. The summed E-state index contributed by atoms with van der Waals surface area (Å²) >= 11 is 0. The Labute approximate surface area is 198 Å². The Hall–Kier alpha value is -3.54. The van der Waals surface area contributed by atoms with E-state index in [-0.39, 0.29) is 47.2 Å². The third kappa shape index (κ3) is 3.23. The van der Waals surface area contributed by atoms with Gasteiger partial charge in [-0.2, -0.15) is 0 Å². The number of carbonyl (C=O) groups excluding carboxylic acids is 4. The van der Waals surface area contributed by atoms with Crippen molar-refractivity contribution in [1.29, 1.82) is 0 Å². The molecule has 6 rings (SSSR count). The van der Waals surface area contributed by atoms with E-state index >= 15 is 0 Å². The van der Waals surface area contributed by atoms with Crippen molar-refractivity contribution in [2.24, 2.45) is 23.7 Å². The van der Waals surface area contributed by atoms with Gasteiger partial charge in [0.05, 0.1) is 11.8 Å². The first-order valence-corrected chi connectivity index (χ1v) is 12.1. The van der Waals surface area contributed by atoms with E-state index in [1.165, 1.54) is 4.90 Å². The summed E-state index contributed by atoms with van der Waals surface area (Å²) in [6.07, 6.45) is 7.66. The van der Waals surface area contributed by atoms with Crippen molar-refractivity contribution < 1.29 is 19.2 Å². The van der Waals surface area contributed by atoms with Crippen molar-refractivity contribution in [3.63, 3.8) is 0 Å². The third-order valence-corrected chi connectivity index (χ3v) is 7.86. The van der Waals surface area contributed by atoms with Crippen molar-refractivity contribution in [2.75, 3.05) is 11.9 Å². The standard InChI is InChI=1S/C28H26N2O4/c31-23(29-18-11-12-20-19-6-3-4-7-21(19)26(32)22(20)15-18)8-2-1-5-13-30-27(33)24-16-9-10-17(14-16)25(24)28(30)34/h3-4,6-7,9-12,15-17,24-25H,1-2,5,8,13-14H2,(H,29,31). The lowest BCUT2D eigenvalue weighted by atomic mass is 9.85. The molecule has 2 bridgehead atoms. The number of nitrogens with zero attached hydrogens (tertiary/aromatic N) is 1. The Kier molecular flexibility index (Phi) is 4.97. The molecule has 6 nitrogen and oxygen atoms in total. The van der Waals surface area contributed by atoms with Gasteiger partial charge in [-0.25, -0.2) is 0 Å². The van der Waals surface area contributed by atoms with Crippen LogP contribution >= 0.6 is 0 Å². The van der Waals surface area contributed by atoms with Crippen LogP contribution in [0.4, 0.5) is 5.69 Å². The van der Waals surface area contributed by atoms with E-state index in [0.29, 0.717) is 42.6 Å². The fraction of sp³-hybridized carbons (Fsp3) is 0.357. The van der Waals surface area contributed by atoms with E-state index in [1.54, 1.807) is 6.07 Å². The van der Waals surface area contributed by atoms with Gasteiger partial charge in [-0.3, -0.25) is 24.1 Å². The van der Waals surface area contributed by atoms with Crippen LogP contribution in [-0.4, -0.2) is 34.9 Å². The number of ketones is 1. The highest BCUT2D eigenvalue weighted by Crippen LogP contribution is 2.52. The summed E-state index contributed by atoms with van der Waals surface area (Å²) in [5.41, 5.74) is 3.77. The molecule has 4 aliphatic rings. The molecule has 34 heavy (non-hydrogen) atoms. The smallest absolute Gasteiger partial charge is 0.233 e. The van der Waals surface area contributed by atoms with Gasteiger partial charge >= 0.3 is 0 Å². The molecule has 0 spiro atoms. The minimum Gasteiger partial charge on any atom is -0.326 e. The molecule has 2 fully saturated rings. The van der Waals surface area contributed by atoms with Crippen LogP contribution in [0, 0.1) is 23.7 Å². The Balaban J connectivity index is 0.976. The molecule has 1 saturated heterocycles. The molecule has 3 amide bonds. The van der Waals surface area contributed by atoms with Crippen LogP contribution in [0.15, 0.2) is 54.6 Å². The number of unbranched alkanes of at least 4 members (excludes halogenated alkanes) is 2. The molecule has 1 heterocycles. The molecule has 0 radical (unpaired) electrons. The Bertz CT molecular complexity index is 1230. The molecule has 3 aliphatic carbocycles. The number of likely N-dealkylation sites (tertiary alicyclic amines) is 1. The average Bonchev–Trinajstić information content (AvgIpc) is 3.58. The van der Waals surface area contributed by atoms with Crippen LogP contribution in [0.3, 0.4) is 0 Å². The number of anilines is 1. The highest BCUT2D eigenvalue weighted by molar-refractivity contribution is 6.22. The van der Waals surface area contributed by atoms with Crippen LogP contribution in [0.1, 0.15) is 48.0 Å². The first-order chi connectivity index (χ1) is 16.5. The predicted molar refractivity (Wildman–Crippen MR) is 127 cm³/mol. The monoisotopic (exact) mass is 454 g/mol. The second-order valence-electron chi connectivity index (χ2n) is 9.82. The van der Waals surface area contributed by atoms with Gasteiger partial charge < -0.3 is 5.32 Å². The van der Waals surface area contributed by atoms with Crippen molar-refractivity contribution in [3.05, 3.63) is 65.7 Å². The molecule has 1 saturated carbocycles. The zero-order valence-corrected chi connectivity index (χ0v) is 18.8. The fourth-order valence-electron chi connectivity index (χ4n) is 6.25. The second-order valence-corrected chi connectivity index (χ2v) is 9.82. The van der Waals surface area contributed by atoms with Gasteiger partial charge in [-0.15, -0.1) is 0 Å². The summed E-state index contributed by atoms with van der Waals surface area (Å²) in [4.78, 5) is 52.0. The Morgan fingerprint density at radius 1 is 0.824 bits per heavy atom. The maximum atomic E-state index is 12.7. The van der Waals surface area contributed by atoms with Crippen molar-refractivity contribution in [2.45, 2.75) is 32.1 Å². The number of fused-ring (bicyclic) bond motifs is 8. The lowest BCUT2D eigenvalue weighted by Crippen LogP contribution is -2.33. The predicted octanol–water partition coefficient (Wildman–Crippen LogP) is 4.20. The molecular weight excluding hydrogens is 428 g/mol. The quantitative estimate of drug-likeness (QED) is 0.329. The summed E-state index contributed by atoms with van der Waals surface area (Å²) in [6.45, 7) is 0.444. The zero-order valence-electron chi connectivity index (χ0n) is 18.8. The Morgan fingerprint density at radius 3 is 2.24 bits per heavy atom. The second kappa shape index (κ2) is 8.05. The maximum absolute atomic E-state index is 12.7. The van der Waals surface area contributed by atoms with E-state index in [1.807, 2.05) is 36.4 Å². The summed E-state index contributed by atoms with van der Waals surface area (Å²) in [6, 6.07) is 13.0. The summed E-state index contributed by atoms with van der Waals surface area (Å²) in [5.74, 6) is 0.0815. The number of benzene rings is 2. The number of imide groups is 1. The number of allylic oxidation sites excluding steroid dienone is 2. The molecular formula is C28H26N2O4. The minimum atomic E-state index is -0.139. The average molecular weight is 455 g/mol. The highest BCUT2D eigenvalue weighted by Gasteiger charge is 2.58. The van der Waals surface area contributed by atoms with Gasteiger partial charge in [0, 0.05) is 29.8 Å². The largest absolute Gasteiger partial charge is 0.326 e. The normalized spacial score (nSPS) is 25.6. The first-order valence-electron chi connectivity index (χ1n) is 12.1. The number of carbonyl (C=O) groups is 4. The Morgan fingerprint density at radius 2 is 1.50 bits per heavy atom. The van der Waals surface area contributed by atoms with E-state index in [9.17, 15) is 19.2 Å². The SMILES string of the molecule is O=C(CCCCCN1C(=O)C2C3C=CC(C3)C2C1=O)Nc1ccc2c(c1)C(=O)c1ccccc1-2. The van der Waals surface area contributed by atoms with Crippen LogP contribution in [0.25, 0.3) is 11.1 Å². The molecule has 2 aromatic rings. The number of rotatable bonds is 7. The molecule has 1 N–H and O–H groups in total. The number of nitrogens with one attached hydrogen (secondary N) is 1. The van der Waals surface area contributed by atoms with Gasteiger partial charge in [-0.1, -0.05) is 48.9 Å². The van der Waals surface area contributed by atoms with E-state index in [0.717, 1.165) is 24.0 Å². The molecule has 2 aromatic carbocycles. The van der Waals surface area contributed by atoms with E-state index in [4.69, 9.17) is 0 Å². The van der Waals surface area contributed by atoms with Gasteiger partial charge in [0.15, 0.2) is 5.78 Å². The summed E-state index contributed by atoms with van der Waals surface area (Å²) < 4.78 is 0. The van der Waals surface area contributed by atoms with Crippen molar-refractivity contribution in [3.8, 4) is 11.1 Å². The summed E-state index contributed by atoms with van der Waals surface area (Å²) in [5, 5.41) is 2.89. The minimum absolute atomic E-state index is 0.00194. The number of hydrogen-bond acceptors (Lipinski definition) is 4. The van der Waals surface area contributed by atoms with Crippen molar-refractivity contribution >= 4 is 29.2 Å². The molecule has 0 aromatic heterocycles. The molecule has 4 atom stereocenters. The lowest BCUT2D eigenvalue weighted by Gasteiger charge is -2.17. The molecule has 6 heteroatoms. The first kappa shape index (κ1) is 21.0.